The van der Waals surface area contributed by atoms with E-state index in [1.807, 2.05) is 30.5 Å². The van der Waals surface area contributed by atoms with Gasteiger partial charge in [0.05, 0.1) is 13.5 Å². The lowest BCUT2D eigenvalue weighted by atomic mass is 10.0. The summed E-state index contributed by atoms with van der Waals surface area (Å²) in [5, 5.41) is 3.66. The first-order valence-corrected chi connectivity index (χ1v) is 8.69. The number of carbonyl (C=O) groups is 1. The molecule has 1 aromatic carbocycles. The van der Waals surface area contributed by atoms with Gasteiger partial charge >= 0.3 is 5.97 Å². The van der Waals surface area contributed by atoms with Crippen molar-refractivity contribution in [3.8, 4) is 0 Å². The van der Waals surface area contributed by atoms with Crippen LogP contribution in [0.3, 0.4) is 0 Å². The van der Waals surface area contributed by atoms with E-state index in [1.54, 1.807) is 0 Å². The van der Waals surface area contributed by atoms with Crippen LogP contribution in [0.2, 0.25) is 0 Å². The van der Waals surface area contributed by atoms with Crippen molar-refractivity contribution in [3.05, 3.63) is 36.0 Å². The Bertz CT molecular complexity index is 676. The van der Waals surface area contributed by atoms with Crippen molar-refractivity contribution in [2.24, 2.45) is 0 Å². The number of ether oxygens (including phenoxy) is 1. The molecule has 0 aliphatic carbocycles. The van der Waals surface area contributed by atoms with E-state index in [1.165, 1.54) is 13.8 Å². The highest BCUT2D eigenvalue weighted by atomic mass is 31.2. The van der Waals surface area contributed by atoms with E-state index in [9.17, 15) is 14.3 Å². The summed E-state index contributed by atoms with van der Waals surface area (Å²) in [6.45, 7) is 1.21. The fraction of sp³-hybridized carbons (Fsp3) is 0.357. The number of H-pyrrole nitrogens is 1. The molecule has 7 heteroatoms. The van der Waals surface area contributed by atoms with E-state index in [2.05, 4.69) is 14.8 Å². The number of hydrogen-bond donors (Lipinski definition) is 3. The van der Waals surface area contributed by atoms with Crippen LogP contribution in [0, 0.1) is 0 Å². The number of esters is 1. The lowest BCUT2D eigenvalue weighted by Crippen LogP contribution is -2.31. The zero-order chi connectivity index (χ0) is 15.5. The first-order valence-electron chi connectivity index (χ1n) is 6.59. The van der Waals surface area contributed by atoms with Crippen molar-refractivity contribution >= 4 is 24.4 Å². The maximum Gasteiger partial charge on any atom is 0.307 e. The molecule has 0 fully saturated rings. The largest absolute Gasteiger partial charge is 0.469 e. The smallest absolute Gasteiger partial charge is 0.307 e. The highest BCUT2D eigenvalue weighted by Gasteiger charge is 2.22. The molecule has 6 nitrogen and oxygen atoms in total. The summed E-state index contributed by atoms with van der Waals surface area (Å²) in [4.78, 5) is 24.1. The van der Waals surface area contributed by atoms with Crippen LogP contribution in [-0.2, 0) is 20.5 Å². The average molecular weight is 310 g/mol. The van der Waals surface area contributed by atoms with Crippen LogP contribution in [0.5, 0.6) is 0 Å². The standard InChI is InChI=1S/C14H19N2O4P/c1-20-14(17)8-11(16-21(2,18)19)7-10-9-15-13-6-4-3-5-12(10)13/h3-6,9,11,15H,7-8H2,1-2H3,(H2,16,18,19)/t11-/m0/s1. The fourth-order valence-electron chi connectivity index (χ4n) is 2.35. The number of benzene rings is 1. The lowest BCUT2D eigenvalue weighted by molar-refractivity contribution is -0.141. The van der Waals surface area contributed by atoms with Crippen molar-refractivity contribution in [1.82, 2.24) is 10.1 Å². The van der Waals surface area contributed by atoms with Gasteiger partial charge in [0.25, 0.3) is 7.52 Å². The third-order valence-electron chi connectivity index (χ3n) is 3.20. The summed E-state index contributed by atoms with van der Waals surface area (Å²) in [5.74, 6) is -0.416. The quantitative estimate of drug-likeness (QED) is 0.561. The molecule has 21 heavy (non-hydrogen) atoms. The molecule has 1 unspecified atom stereocenters. The summed E-state index contributed by atoms with van der Waals surface area (Å²) in [6, 6.07) is 7.33. The van der Waals surface area contributed by atoms with Gasteiger partial charge in [-0.15, -0.1) is 0 Å². The van der Waals surface area contributed by atoms with Gasteiger partial charge in [-0.2, -0.15) is 0 Å². The third-order valence-corrected chi connectivity index (χ3v) is 4.05. The number of para-hydroxylation sites is 1. The van der Waals surface area contributed by atoms with Gasteiger partial charge in [-0.3, -0.25) is 9.36 Å². The van der Waals surface area contributed by atoms with Crippen LogP contribution < -0.4 is 5.09 Å². The monoisotopic (exact) mass is 310 g/mol. The minimum absolute atomic E-state index is 0.0361. The van der Waals surface area contributed by atoms with E-state index < -0.39 is 19.5 Å². The highest BCUT2D eigenvalue weighted by molar-refractivity contribution is 7.55. The number of fused-ring (bicyclic) bond motifs is 1. The molecule has 1 heterocycles. The van der Waals surface area contributed by atoms with Gasteiger partial charge in [0, 0.05) is 29.8 Å². The average Bonchev–Trinajstić information content (AvgIpc) is 2.80. The van der Waals surface area contributed by atoms with Crippen molar-refractivity contribution in [2.75, 3.05) is 13.8 Å². The van der Waals surface area contributed by atoms with Crippen LogP contribution >= 0.6 is 7.52 Å². The molecule has 0 radical (unpaired) electrons. The molecule has 0 aliphatic heterocycles. The van der Waals surface area contributed by atoms with Crippen molar-refractivity contribution in [2.45, 2.75) is 18.9 Å². The van der Waals surface area contributed by atoms with E-state index in [4.69, 9.17) is 0 Å². The van der Waals surface area contributed by atoms with E-state index in [-0.39, 0.29) is 6.42 Å². The van der Waals surface area contributed by atoms with Crippen LogP contribution in [0.1, 0.15) is 12.0 Å². The Morgan fingerprint density at radius 3 is 2.86 bits per heavy atom. The third kappa shape index (κ3) is 4.43. The lowest BCUT2D eigenvalue weighted by Gasteiger charge is -2.19. The molecular weight excluding hydrogens is 291 g/mol. The summed E-state index contributed by atoms with van der Waals surface area (Å²) in [6.07, 6.45) is 2.35. The van der Waals surface area contributed by atoms with Crippen LogP contribution in [0.15, 0.2) is 30.5 Å². The van der Waals surface area contributed by atoms with Crippen molar-refractivity contribution < 1.29 is 19.0 Å². The van der Waals surface area contributed by atoms with E-state index >= 15 is 0 Å². The van der Waals surface area contributed by atoms with Gasteiger partial charge in [-0.05, 0) is 18.1 Å². The zero-order valence-electron chi connectivity index (χ0n) is 12.0. The normalized spacial score (nSPS) is 15.6. The van der Waals surface area contributed by atoms with Gasteiger partial charge < -0.3 is 14.6 Å². The minimum Gasteiger partial charge on any atom is -0.469 e. The minimum atomic E-state index is -3.44. The number of aromatic nitrogens is 1. The molecule has 1 aromatic heterocycles. The second kappa shape index (κ2) is 6.43. The summed E-state index contributed by atoms with van der Waals surface area (Å²) >= 11 is 0. The molecule has 114 valence electrons. The number of nitrogens with one attached hydrogen (secondary N) is 2. The van der Waals surface area contributed by atoms with Crippen LogP contribution in [-0.4, -0.2) is 35.7 Å². The number of aromatic amines is 1. The molecule has 0 saturated carbocycles. The van der Waals surface area contributed by atoms with E-state index in [0.29, 0.717) is 6.42 Å². The first-order chi connectivity index (χ1) is 9.89. The molecule has 2 rings (SSSR count). The number of carbonyl (C=O) groups excluding carboxylic acids is 1. The number of methoxy groups -OCH3 is 1. The topological polar surface area (TPSA) is 91.4 Å². The Kier molecular flexibility index (Phi) is 4.83. The molecule has 0 saturated heterocycles. The summed E-state index contributed by atoms with van der Waals surface area (Å²) < 4.78 is 16.2. The van der Waals surface area contributed by atoms with Crippen LogP contribution in [0.25, 0.3) is 10.9 Å². The maximum atomic E-state index is 11.6. The van der Waals surface area contributed by atoms with Gasteiger partial charge in [0.1, 0.15) is 0 Å². The zero-order valence-corrected chi connectivity index (χ0v) is 12.9. The molecule has 2 aromatic rings. The predicted octanol–water partition coefficient (Wildman–Crippen LogP) is 2.05. The Labute approximate surface area is 123 Å². The molecular formula is C14H19N2O4P. The number of hydrogen-bond acceptors (Lipinski definition) is 3. The fourth-order valence-corrected chi connectivity index (χ4v) is 3.21. The number of rotatable bonds is 6. The molecule has 0 bridgehead atoms. The van der Waals surface area contributed by atoms with Gasteiger partial charge in [0.15, 0.2) is 0 Å². The predicted molar refractivity (Wildman–Crippen MR) is 81.3 cm³/mol. The van der Waals surface area contributed by atoms with Crippen molar-refractivity contribution in [3.63, 3.8) is 0 Å². The summed E-state index contributed by atoms with van der Waals surface area (Å²) in [5.41, 5.74) is 1.98. The molecule has 0 aliphatic rings. The Hall–Kier alpha value is -1.62. The van der Waals surface area contributed by atoms with Gasteiger partial charge in [-0.1, -0.05) is 18.2 Å². The van der Waals surface area contributed by atoms with Crippen molar-refractivity contribution in [1.29, 1.82) is 0 Å². The van der Waals surface area contributed by atoms with Crippen LogP contribution in [0.4, 0.5) is 0 Å². The highest BCUT2D eigenvalue weighted by Crippen LogP contribution is 2.32. The Morgan fingerprint density at radius 2 is 2.19 bits per heavy atom. The molecule has 0 spiro atoms. The molecule has 2 atom stereocenters. The SMILES string of the molecule is COC(=O)C[C@H](Cc1c[nH]c2ccccc12)NP(C)(=O)O. The Morgan fingerprint density at radius 1 is 1.48 bits per heavy atom. The van der Waals surface area contributed by atoms with Gasteiger partial charge in [-0.25, -0.2) is 5.09 Å². The maximum absolute atomic E-state index is 11.6. The molecule has 0 amide bonds. The Balaban J connectivity index is 2.21. The first kappa shape index (κ1) is 15.8. The van der Waals surface area contributed by atoms with E-state index in [0.717, 1.165) is 16.5 Å². The second-order valence-electron chi connectivity index (χ2n) is 5.05. The second-order valence-corrected chi connectivity index (χ2v) is 7.07. The molecule has 3 N–H and O–H groups in total. The summed E-state index contributed by atoms with van der Waals surface area (Å²) in [7, 11) is -2.13. The van der Waals surface area contributed by atoms with Gasteiger partial charge in [0.2, 0.25) is 0 Å².